The zero-order valence-electron chi connectivity index (χ0n) is 8.69. The van der Waals surface area contributed by atoms with Crippen molar-refractivity contribution in [2.75, 3.05) is 0 Å². The van der Waals surface area contributed by atoms with E-state index < -0.39 is 5.76 Å². The predicted molar refractivity (Wildman–Crippen MR) is 61.1 cm³/mol. The average molecular weight is 216 g/mol. The minimum atomic E-state index is -0.428. The van der Waals surface area contributed by atoms with Gasteiger partial charge in [-0.3, -0.25) is 4.98 Å². The second-order valence-corrected chi connectivity index (χ2v) is 4.26. The summed E-state index contributed by atoms with van der Waals surface area (Å²) in [4.78, 5) is 13.7. The lowest BCUT2D eigenvalue weighted by Crippen LogP contribution is -2.33. The van der Waals surface area contributed by atoms with Gasteiger partial charge in [0.05, 0.1) is 5.52 Å². The Hall–Kier alpha value is -1.81. The van der Waals surface area contributed by atoms with Crippen LogP contribution in [0.25, 0.3) is 11.1 Å². The monoisotopic (exact) mass is 216 g/mol. The van der Waals surface area contributed by atoms with Crippen LogP contribution >= 0.6 is 0 Å². The van der Waals surface area contributed by atoms with Crippen molar-refractivity contribution in [3.8, 4) is 0 Å². The van der Waals surface area contributed by atoms with Crippen LogP contribution in [0, 0.1) is 0 Å². The van der Waals surface area contributed by atoms with Gasteiger partial charge >= 0.3 is 5.76 Å². The first-order valence-corrected chi connectivity index (χ1v) is 5.25. The molecule has 0 radical (unpaired) electrons. The number of hydrogen-bond acceptors (Lipinski definition) is 3. The fourth-order valence-corrected chi connectivity index (χ4v) is 2.17. The number of rotatable bonds is 1. The number of fused-ring (bicyclic) bond motifs is 1. The van der Waals surface area contributed by atoms with Gasteiger partial charge in [0.15, 0.2) is 5.58 Å². The zero-order valence-corrected chi connectivity index (χ0v) is 8.69. The van der Waals surface area contributed by atoms with E-state index in [-0.39, 0.29) is 5.54 Å². The average Bonchev–Trinajstić information content (AvgIpc) is 2.82. The normalized spacial score (nSPS) is 18.3. The molecule has 82 valence electrons. The van der Waals surface area contributed by atoms with Gasteiger partial charge in [0.1, 0.15) is 0 Å². The predicted octanol–water partition coefficient (Wildman–Crippen LogP) is 1.63. The number of H-pyrrole nitrogens is 1. The summed E-state index contributed by atoms with van der Waals surface area (Å²) in [6.07, 6.45) is 5.84. The number of nitrogens with two attached hydrogens (primary N) is 1. The molecule has 16 heavy (non-hydrogen) atoms. The summed E-state index contributed by atoms with van der Waals surface area (Å²) >= 11 is 0. The lowest BCUT2D eigenvalue weighted by molar-refractivity contribution is 0.481. The molecule has 0 spiro atoms. The molecule has 4 heteroatoms. The highest BCUT2D eigenvalue weighted by molar-refractivity contribution is 5.73. The van der Waals surface area contributed by atoms with Gasteiger partial charge in [-0.05, 0) is 30.5 Å². The van der Waals surface area contributed by atoms with Crippen LogP contribution < -0.4 is 11.5 Å². The minimum absolute atomic E-state index is 0.331. The number of aromatic amines is 1. The molecule has 1 aliphatic carbocycles. The maximum absolute atomic E-state index is 11.0. The van der Waals surface area contributed by atoms with E-state index in [4.69, 9.17) is 10.2 Å². The smallest absolute Gasteiger partial charge is 0.408 e. The Morgan fingerprint density at radius 1 is 1.31 bits per heavy atom. The highest BCUT2D eigenvalue weighted by Gasteiger charge is 2.28. The molecule has 0 amide bonds. The van der Waals surface area contributed by atoms with E-state index >= 15 is 0 Å². The molecular formula is C12H12N2O2. The molecule has 2 aromatic rings. The molecule has 0 saturated heterocycles. The van der Waals surface area contributed by atoms with Crippen molar-refractivity contribution in [1.82, 2.24) is 4.98 Å². The van der Waals surface area contributed by atoms with Crippen LogP contribution in [-0.2, 0) is 5.54 Å². The third-order valence-electron chi connectivity index (χ3n) is 3.12. The van der Waals surface area contributed by atoms with Crippen molar-refractivity contribution in [2.24, 2.45) is 5.73 Å². The van der Waals surface area contributed by atoms with E-state index in [1.807, 2.05) is 12.1 Å². The molecule has 0 fully saturated rings. The molecule has 1 aliphatic rings. The SMILES string of the molecule is NC1(c2ccc3oc(=O)[nH]c3c2)CC=CC1. The highest BCUT2D eigenvalue weighted by Crippen LogP contribution is 2.32. The third kappa shape index (κ3) is 1.31. The van der Waals surface area contributed by atoms with Gasteiger partial charge in [0.25, 0.3) is 0 Å². The molecule has 1 aromatic heterocycles. The van der Waals surface area contributed by atoms with Gasteiger partial charge in [-0.1, -0.05) is 18.2 Å². The molecule has 1 heterocycles. The van der Waals surface area contributed by atoms with Crippen LogP contribution in [0.2, 0.25) is 0 Å². The van der Waals surface area contributed by atoms with Gasteiger partial charge < -0.3 is 10.2 Å². The topological polar surface area (TPSA) is 72.0 Å². The molecule has 3 N–H and O–H groups in total. The molecule has 0 aliphatic heterocycles. The second kappa shape index (κ2) is 3.09. The Morgan fingerprint density at radius 3 is 2.81 bits per heavy atom. The van der Waals surface area contributed by atoms with E-state index in [0.717, 1.165) is 18.4 Å². The van der Waals surface area contributed by atoms with E-state index in [1.54, 1.807) is 6.07 Å². The number of aromatic nitrogens is 1. The lowest BCUT2D eigenvalue weighted by atomic mass is 9.88. The van der Waals surface area contributed by atoms with Gasteiger partial charge in [0.2, 0.25) is 0 Å². The van der Waals surface area contributed by atoms with Crippen LogP contribution in [0.1, 0.15) is 18.4 Å². The van der Waals surface area contributed by atoms with Crippen molar-refractivity contribution in [3.05, 3.63) is 46.5 Å². The Morgan fingerprint density at radius 2 is 2.06 bits per heavy atom. The molecule has 0 atom stereocenters. The van der Waals surface area contributed by atoms with Crippen LogP contribution in [0.15, 0.2) is 39.6 Å². The summed E-state index contributed by atoms with van der Waals surface area (Å²) in [6.45, 7) is 0. The summed E-state index contributed by atoms with van der Waals surface area (Å²) < 4.78 is 4.95. The Balaban J connectivity index is 2.14. The number of hydrogen-bond donors (Lipinski definition) is 2. The molecule has 0 unspecified atom stereocenters. The Labute approximate surface area is 91.8 Å². The summed E-state index contributed by atoms with van der Waals surface area (Å²) in [5, 5.41) is 0. The fourth-order valence-electron chi connectivity index (χ4n) is 2.17. The molecule has 0 bridgehead atoms. The van der Waals surface area contributed by atoms with Gasteiger partial charge in [-0.25, -0.2) is 4.79 Å². The summed E-state index contributed by atoms with van der Waals surface area (Å²) in [6, 6.07) is 5.61. The largest absolute Gasteiger partial charge is 0.417 e. The third-order valence-corrected chi connectivity index (χ3v) is 3.12. The van der Waals surface area contributed by atoms with Crippen LogP contribution in [0.5, 0.6) is 0 Å². The van der Waals surface area contributed by atoms with E-state index in [9.17, 15) is 4.79 Å². The van der Waals surface area contributed by atoms with Gasteiger partial charge in [-0.2, -0.15) is 0 Å². The second-order valence-electron chi connectivity index (χ2n) is 4.26. The molecule has 0 saturated carbocycles. The zero-order chi connectivity index (χ0) is 11.2. The number of benzene rings is 1. The summed E-state index contributed by atoms with van der Waals surface area (Å²) in [5.41, 5.74) is 8.27. The first-order chi connectivity index (χ1) is 7.67. The maximum atomic E-state index is 11.0. The Kier molecular flexibility index (Phi) is 1.82. The standard InChI is InChI=1S/C12H12N2O2/c13-12(5-1-2-6-12)8-3-4-10-9(7-8)14-11(15)16-10/h1-4,7H,5-6,13H2,(H,14,15). The van der Waals surface area contributed by atoms with Crippen molar-refractivity contribution >= 4 is 11.1 Å². The van der Waals surface area contributed by atoms with Crippen molar-refractivity contribution < 1.29 is 4.42 Å². The molecule has 3 rings (SSSR count). The van der Waals surface area contributed by atoms with E-state index in [0.29, 0.717) is 11.1 Å². The van der Waals surface area contributed by atoms with Crippen LogP contribution in [0.3, 0.4) is 0 Å². The lowest BCUT2D eigenvalue weighted by Gasteiger charge is -2.23. The van der Waals surface area contributed by atoms with E-state index in [2.05, 4.69) is 17.1 Å². The molecular weight excluding hydrogens is 204 g/mol. The molecule has 1 aromatic carbocycles. The van der Waals surface area contributed by atoms with Crippen LogP contribution in [-0.4, -0.2) is 4.98 Å². The minimum Gasteiger partial charge on any atom is -0.408 e. The first kappa shape index (κ1) is 9.42. The molecule has 4 nitrogen and oxygen atoms in total. The summed E-state index contributed by atoms with van der Waals surface area (Å²) in [7, 11) is 0. The van der Waals surface area contributed by atoms with Gasteiger partial charge in [0, 0.05) is 5.54 Å². The number of nitrogens with one attached hydrogen (secondary N) is 1. The summed E-state index contributed by atoms with van der Waals surface area (Å²) in [5.74, 6) is -0.428. The number of oxazole rings is 1. The fraction of sp³-hybridized carbons (Fsp3) is 0.250. The quantitative estimate of drug-likeness (QED) is 0.711. The first-order valence-electron chi connectivity index (χ1n) is 5.25. The van der Waals surface area contributed by atoms with Crippen molar-refractivity contribution in [2.45, 2.75) is 18.4 Å². The van der Waals surface area contributed by atoms with Crippen molar-refractivity contribution in [3.63, 3.8) is 0 Å². The van der Waals surface area contributed by atoms with Gasteiger partial charge in [-0.15, -0.1) is 0 Å². The maximum Gasteiger partial charge on any atom is 0.417 e. The highest BCUT2D eigenvalue weighted by atomic mass is 16.4. The van der Waals surface area contributed by atoms with Crippen molar-refractivity contribution in [1.29, 1.82) is 0 Å². The van der Waals surface area contributed by atoms with E-state index in [1.165, 1.54) is 0 Å². The Bertz CT molecular complexity index is 613. The van der Waals surface area contributed by atoms with Crippen LogP contribution in [0.4, 0.5) is 0 Å².